The molecule has 19 heavy (non-hydrogen) atoms. The molecule has 0 bridgehead atoms. The molecule has 106 valence electrons. The van der Waals surface area contributed by atoms with Gasteiger partial charge in [0.15, 0.2) is 0 Å². The van der Waals surface area contributed by atoms with Crippen molar-refractivity contribution in [2.24, 2.45) is 5.41 Å². The summed E-state index contributed by atoms with van der Waals surface area (Å²) in [6.07, 6.45) is 0.922. The number of rotatable bonds is 6. The Morgan fingerprint density at radius 1 is 1.16 bits per heavy atom. The lowest BCUT2D eigenvalue weighted by Crippen LogP contribution is -2.48. The molecule has 0 aliphatic heterocycles. The van der Waals surface area contributed by atoms with Crippen molar-refractivity contribution < 1.29 is 9.53 Å². The van der Waals surface area contributed by atoms with E-state index in [1.54, 1.807) is 0 Å². The van der Waals surface area contributed by atoms with Gasteiger partial charge in [-0.15, -0.1) is 0 Å². The van der Waals surface area contributed by atoms with E-state index in [1.165, 1.54) is 12.7 Å². The van der Waals surface area contributed by atoms with Gasteiger partial charge in [-0.05, 0) is 39.7 Å². The van der Waals surface area contributed by atoms with Crippen LogP contribution in [0.4, 0.5) is 0 Å². The van der Waals surface area contributed by atoms with Crippen LogP contribution in [0.15, 0.2) is 30.3 Å². The number of carbonyl (C=O) groups excluding carboxylic acids is 1. The zero-order chi connectivity index (χ0) is 14.5. The second kappa shape index (κ2) is 6.20. The van der Waals surface area contributed by atoms with E-state index in [-0.39, 0.29) is 11.5 Å². The number of esters is 1. The molecule has 3 heteroatoms. The molecule has 0 amide bonds. The Morgan fingerprint density at radius 2 is 1.74 bits per heavy atom. The molecule has 1 rings (SSSR count). The molecule has 0 spiro atoms. The Bertz CT molecular complexity index is 410. The molecule has 1 aromatic carbocycles. The number of hydrogen-bond donors (Lipinski definition) is 1. The predicted molar refractivity (Wildman–Crippen MR) is 78.0 cm³/mol. The Morgan fingerprint density at radius 3 is 2.26 bits per heavy atom. The summed E-state index contributed by atoms with van der Waals surface area (Å²) < 4.78 is 4.82. The van der Waals surface area contributed by atoms with E-state index in [4.69, 9.17) is 4.74 Å². The molecule has 1 N–H and O–H groups in total. The smallest absolute Gasteiger partial charge is 0.312 e. The highest BCUT2D eigenvalue weighted by Gasteiger charge is 2.31. The topological polar surface area (TPSA) is 38.3 Å². The van der Waals surface area contributed by atoms with Gasteiger partial charge >= 0.3 is 5.97 Å². The van der Waals surface area contributed by atoms with Crippen molar-refractivity contribution in [3.8, 4) is 0 Å². The first-order valence-electron chi connectivity index (χ1n) is 6.64. The number of carbonyl (C=O) groups is 1. The fourth-order valence-electron chi connectivity index (χ4n) is 1.98. The molecular formula is C16H25NO2. The van der Waals surface area contributed by atoms with E-state index in [9.17, 15) is 4.79 Å². The first-order chi connectivity index (χ1) is 8.77. The van der Waals surface area contributed by atoms with Gasteiger partial charge in [0.25, 0.3) is 0 Å². The second-order valence-corrected chi connectivity index (χ2v) is 6.28. The van der Waals surface area contributed by atoms with Crippen molar-refractivity contribution in [1.29, 1.82) is 0 Å². The summed E-state index contributed by atoms with van der Waals surface area (Å²) in [6, 6.07) is 10.3. The van der Waals surface area contributed by atoms with Crippen LogP contribution >= 0.6 is 0 Å². The lowest BCUT2D eigenvalue weighted by atomic mass is 9.89. The standard InChI is InChI=1S/C16H25NO2/c1-15(2,14(18)19-5)12-17-16(3,4)11-13-9-7-6-8-10-13/h6-10,17H,11-12H2,1-5H3. The number of benzene rings is 1. The zero-order valence-corrected chi connectivity index (χ0v) is 12.6. The summed E-state index contributed by atoms with van der Waals surface area (Å²) in [6.45, 7) is 8.68. The lowest BCUT2D eigenvalue weighted by molar-refractivity contribution is -0.150. The van der Waals surface area contributed by atoms with Crippen molar-refractivity contribution >= 4 is 5.97 Å². The quantitative estimate of drug-likeness (QED) is 0.802. The summed E-state index contributed by atoms with van der Waals surface area (Å²) in [4.78, 5) is 11.6. The van der Waals surface area contributed by atoms with Crippen LogP contribution in [0.2, 0.25) is 0 Å². The molecule has 0 atom stereocenters. The van der Waals surface area contributed by atoms with E-state index < -0.39 is 5.41 Å². The number of nitrogens with one attached hydrogen (secondary N) is 1. The van der Waals surface area contributed by atoms with E-state index in [0.717, 1.165) is 6.42 Å². The Hall–Kier alpha value is -1.35. The molecule has 0 saturated carbocycles. The number of ether oxygens (including phenoxy) is 1. The fourth-order valence-corrected chi connectivity index (χ4v) is 1.98. The minimum absolute atomic E-state index is 0.0629. The lowest BCUT2D eigenvalue weighted by Gasteiger charge is -2.31. The minimum atomic E-state index is -0.511. The van der Waals surface area contributed by atoms with Crippen molar-refractivity contribution in [2.45, 2.75) is 39.7 Å². The number of hydrogen-bond acceptors (Lipinski definition) is 3. The highest BCUT2D eigenvalue weighted by molar-refractivity contribution is 5.76. The molecule has 0 radical (unpaired) electrons. The van der Waals surface area contributed by atoms with Gasteiger partial charge in [0.2, 0.25) is 0 Å². The monoisotopic (exact) mass is 263 g/mol. The molecule has 0 heterocycles. The van der Waals surface area contributed by atoms with Crippen LogP contribution in [-0.2, 0) is 16.0 Å². The average molecular weight is 263 g/mol. The van der Waals surface area contributed by atoms with Gasteiger partial charge in [-0.3, -0.25) is 4.79 Å². The first kappa shape index (κ1) is 15.7. The molecular weight excluding hydrogens is 238 g/mol. The van der Waals surface area contributed by atoms with Gasteiger partial charge in [-0.1, -0.05) is 30.3 Å². The van der Waals surface area contributed by atoms with Crippen LogP contribution in [-0.4, -0.2) is 25.2 Å². The minimum Gasteiger partial charge on any atom is -0.469 e. The molecule has 0 fully saturated rings. The molecule has 0 unspecified atom stereocenters. The van der Waals surface area contributed by atoms with Crippen molar-refractivity contribution in [3.63, 3.8) is 0 Å². The van der Waals surface area contributed by atoms with Gasteiger partial charge in [0.05, 0.1) is 12.5 Å². The van der Waals surface area contributed by atoms with Gasteiger partial charge in [-0.2, -0.15) is 0 Å². The van der Waals surface area contributed by atoms with E-state index >= 15 is 0 Å². The van der Waals surface area contributed by atoms with Gasteiger partial charge < -0.3 is 10.1 Å². The largest absolute Gasteiger partial charge is 0.469 e. The Balaban J connectivity index is 2.58. The average Bonchev–Trinajstić information content (AvgIpc) is 2.36. The van der Waals surface area contributed by atoms with Crippen LogP contribution < -0.4 is 5.32 Å². The zero-order valence-electron chi connectivity index (χ0n) is 12.6. The van der Waals surface area contributed by atoms with Crippen molar-refractivity contribution in [2.75, 3.05) is 13.7 Å². The molecule has 0 aliphatic carbocycles. The van der Waals surface area contributed by atoms with E-state index in [2.05, 4.69) is 31.3 Å². The summed E-state index contributed by atoms with van der Waals surface area (Å²) in [5.41, 5.74) is 0.714. The van der Waals surface area contributed by atoms with E-state index in [0.29, 0.717) is 6.54 Å². The summed E-state index contributed by atoms with van der Waals surface area (Å²) >= 11 is 0. The molecule has 0 aliphatic rings. The van der Waals surface area contributed by atoms with Crippen LogP contribution in [0, 0.1) is 5.41 Å². The SMILES string of the molecule is COC(=O)C(C)(C)CNC(C)(C)Cc1ccccc1. The normalized spacial score (nSPS) is 12.3. The van der Waals surface area contributed by atoms with Crippen LogP contribution in [0.5, 0.6) is 0 Å². The summed E-state index contributed by atoms with van der Waals surface area (Å²) in [7, 11) is 1.43. The van der Waals surface area contributed by atoms with Crippen molar-refractivity contribution in [1.82, 2.24) is 5.32 Å². The van der Waals surface area contributed by atoms with Crippen LogP contribution in [0.25, 0.3) is 0 Å². The third-order valence-electron chi connectivity index (χ3n) is 3.24. The number of methoxy groups -OCH3 is 1. The van der Waals surface area contributed by atoms with Crippen LogP contribution in [0.3, 0.4) is 0 Å². The molecule has 0 saturated heterocycles. The summed E-state index contributed by atoms with van der Waals surface area (Å²) in [5, 5.41) is 3.46. The maximum atomic E-state index is 11.6. The highest BCUT2D eigenvalue weighted by Crippen LogP contribution is 2.19. The predicted octanol–water partition coefficient (Wildman–Crippen LogP) is 2.80. The Labute approximate surface area is 116 Å². The van der Waals surface area contributed by atoms with E-state index in [1.807, 2.05) is 32.0 Å². The van der Waals surface area contributed by atoms with Gasteiger partial charge in [-0.25, -0.2) is 0 Å². The van der Waals surface area contributed by atoms with Crippen LogP contribution in [0.1, 0.15) is 33.3 Å². The van der Waals surface area contributed by atoms with Gasteiger partial charge in [0, 0.05) is 12.1 Å². The first-order valence-corrected chi connectivity index (χ1v) is 6.64. The molecule has 0 aromatic heterocycles. The summed E-state index contributed by atoms with van der Waals surface area (Å²) in [5.74, 6) is -0.185. The Kier molecular flexibility index (Phi) is 5.12. The maximum Gasteiger partial charge on any atom is 0.312 e. The third kappa shape index (κ3) is 5.03. The highest BCUT2D eigenvalue weighted by atomic mass is 16.5. The maximum absolute atomic E-state index is 11.6. The molecule has 3 nitrogen and oxygen atoms in total. The molecule has 1 aromatic rings. The fraction of sp³-hybridized carbons (Fsp3) is 0.562. The third-order valence-corrected chi connectivity index (χ3v) is 3.24. The second-order valence-electron chi connectivity index (χ2n) is 6.28. The van der Waals surface area contributed by atoms with Gasteiger partial charge in [0.1, 0.15) is 0 Å². The van der Waals surface area contributed by atoms with Crippen molar-refractivity contribution in [3.05, 3.63) is 35.9 Å².